The lowest BCUT2D eigenvalue weighted by atomic mass is 9.93. The molecule has 5 N–H and O–H groups in total. The lowest BCUT2D eigenvalue weighted by molar-refractivity contribution is -0.133. The summed E-state index contributed by atoms with van der Waals surface area (Å²) in [5.41, 5.74) is 0.352. The van der Waals surface area contributed by atoms with E-state index in [1.54, 1.807) is 0 Å². The van der Waals surface area contributed by atoms with Gasteiger partial charge in [0, 0.05) is 31.0 Å². The summed E-state index contributed by atoms with van der Waals surface area (Å²) in [6, 6.07) is 0. The summed E-state index contributed by atoms with van der Waals surface area (Å²) in [7, 11) is 0. The molecular weight excluding hydrogens is 604 g/mol. The topological polar surface area (TPSA) is 135 Å². The van der Waals surface area contributed by atoms with Crippen LogP contribution in [0, 0.1) is 17.8 Å². The smallest absolute Gasteiger partial charge is 0.330 e. The van der Waals surface area contributed by atoms with Crippen LogP contribution in [0.2, 0.25) is 0 Å². The van der Waals surface area contributed by atoms with Crippen molar-refractivity contribution in [1.82, 2.24) is 0 Å². The van der Waals surface area contributed by atoms with E-state index in [4.69, 9.17) is 25.5 Å². The third kappa shape index (κ3) is 35.6. The Kier molecular flexibility index (Phi) is 36.9. The van der Waals surface area contributed by atoms with Crippen LogP contribution in [0.5, 0.6) is 0 Å². The van der Waals surface area contributed by atoms with E-state index in [2.05, 4.69) is 13.2 Å². The Bertz CT molecular complexity index is 626. The number of carboxylic acid groups (broad SMARTS) is 2. The fourth-order valence-electron chi connectivity index (χ4n) is 6.23. The van der Waals surface area contributed by atoms with E-state index in [1.165, 1.54) is 187 Å². The van der Waals surface area contributed by atoms with Crippen LogP contribution >= 0.6 is 0 Å². The Morgan fingerprint density at radius 1 is 0.396 bits per heavy atom. The molecule has 0 aromatic rings. The molecule has 0 amide bonds. The first kappa shape index (κ1) is 48.4. The molecule has 3 aliphatic rings. The molecule has 0 aromatic heterocycles. The molecule has 7 nitrogen and oxygen atoms in total. The minimum atomic E-state index is -0.935. The minimum absolute atomic E-state index is 0.176. The first-order chi connectivity index (χ1) is 23.1. The minimum Gasteiger partial charge on any atom is -0.478 e. The molecule has 0 aromatic carbocycles. The van der Waals surface area contributed by atoms with E-state index >= 15 is 0 Å². The van der Waals surface area contributed by atoms with Crippen LogP contribution in [0.4, 0.5) is 0 Å². The van der Waals surface area contributed by atoms with E-state index in [9.17, 15) is 9.59 Å². The number of carboxylic acids is 2. The lowest BCUT2D eigenvalue weighted by Crippen LogP contribution is -2.06. The number of rotatable bonds is 5. The molecule has 0 spiro atoms. The number of aliphatic carboxylic acids is 2. The second-order valence-corrected chi connectivity index (χ2v) is 14.5. The largest absolute Gasteiger partial charge is 0.478 e. The molecular formula is C41H78O7. The molecule has 3 fully saturated rings. The van der Waals surface area contributed by atoms with E-state index in [0.717, 1.165) is 0 Å². The molecule has 284 valence electrons. The summed E-state index contributed by atoms with van der Waals surface area (Å²) in [5.74, 6) is -0.0284. The van der Waals surface area contributed by atoms with Crippen molar-refractivity contribution in [2.24, 2.45) is 17.8 Å². The molecule has 0 heterocycles. The molecule has 0 radical (unpaired) electrons. The highest BCUT2D eigenvalue weighted by atomic mass is 16.4. The molecule has 0 atom stereocenters. The lowest BCUT2D eigenvalue weighted by Gasteiger charge is -2.15. The third-order valence-electron chi connectivity index (χ3n) is 9.68. The average Bonchev–Trinajstić information content (AvgIpc) is 3.09. The molecule has 3 saturated carbocycles. The second kappa shape index (κ2) is 36.6. The van der Waals surface area contributed by atoms with Gasteiger partial charge in [0.1, 0.15) is 0 Å². The highest BCUT2D eigenvalue weighted by molar-refractivity contribution is 5.85. The van der Waals surface area contributed by atoms with Crippen molar-refractivity contribution < 1.29 is 35.1 Å². The van der Waals surface area contributed by atoms with Gasteiger partial charge in [0.25, 0.3) is 0 Å². The van der Waals surface area contributed by atoms with Crippen LogP contribution in [0.25, 0.3) is 0 Å². The van der Waals surface area contributed by atoms with Crippen LogP contribution < -0.4 is 0 Å². The molecule has 3 rings (SSSR count). The maximum absolute atomic E-state index is 9.60. The number of carbonyl (C=O) groups is 2. The summed E-state index contributed by atoms with van der Waals surface area (Å²) in [5, 5.41) is 43.0. The van der Waals surface area contributed by atoms with Crippen molar-refractivity contribution in [2.45, 2.75) is 187 Å². The quantitative estimate of drug-likeness (QED) is 0.182. The predicted molar refractivity (Wildman–Crippen MR) is 201 cm³/mol. The number of aliphatic hydroxyl groups is 3. The zero-order valence-electron chi connectivity index (χ0n) is 31.4. The first-order valence-electron chi connectivity index (χ1n) is 19.7. The van der Waals surface area contributed by atoms with Gasteiger partial charge in [0.15, 0.2) is 0 Å². The monoisotopic (exact) mass is 683 g/mol. The number of aliphatic hydroxyl groups excluding tert-OH is 3. The van der Waals surface area contributed by atoms with Crippen LogP contribution in [0.1, 0.15) is 187 Å². The zero-order valence-corrected chi connectivity index (χ0v) is 31.4. The summed E-state index contributed by atoms with van der Waals surface area (Å²) in [6.45, 7) is 10.5. The summed E-state index contributed by atoms with van der Waals surface area (Å²) in [4.78, 5) is 19.2. The third-order valence-corrected chi connectivity index (χ3v) is 9.68. The molecule has 0 unspecified atom stereocenters. The van der Waals surface area contributed by atoms with Crippen LogP contribution in [-0.4, -0.2) is 57.3 Å². The molecule has 0 saturated heterocycles. The normalized spacial score (nSPS) is 19.7. The molecule has 3 aliphatic carbocycles. The SMILES string of the molecule is C=C(C)C(=O)O.C=C(C)C(=O)O.OCC1CCCCCCCCC1.OCC1CCCCCCCCC1.OCC1CCCCCCCCC1. The molecule has 48 heavy (non-hydrogen) atoms. The Labute approximate surface area is 295 Å². The van der Waals surface area contributed by atoms with Gasteiger partial charge in [-0.1, -0.05) is 148 Å². The van der Waals surface area contributed by atoms with Gasteiger partial charge >= 0.3 is 11.9 Å². The van der Waals surface area contributed by atoms with Crippen molar-refractivity contribution in [2.75, 3.05) is 19.8 Å². The van der Waals surface area contributed by atoms with Crippen molar-refractivity contribution in [1.29, 1.82) is 0 Å². The van der Waals surface area contributed by atoms with Gasteiger partial charge in [0.05, 0.1) is 0 Å². The fraction of sp³-hybridized carbons (Fsp3) is 0.854. The average molecular weight is 683 g/mol. The van der Waals surface area contributed by atoms with Crippen molar-refractivity contribution >= 4 is 11.9 Å². The highest BCUT2D eigenvalue weighted by Gasteiger charge is 2.10. The summed E-state index contributed by atoms with van der Waals surface area (Å²) < 4.78 is 0. The number of hydrogen-bond acceptors (Lipinski definition) is 5. The highest BCUT2D eigenvalue weighted by Crippen LogP contribution is 2.22. The van der Waals surface area contributed by atoms with Gasteiger partial charge in [-0.25, -0.2) is 9.59 Å². The van der Waals surface area contributed by atoms with Gasteiger partial charge in [-0.15, -0.1) is 0 Å². The van der Waals surface area contributed by atoms with Crippen LogP contribution in [0.15, 0.2) is 24.3 Å². The van der Waals surface area contributed by atoms with E-state index in [1.807, 2.05) is 0 Å². The van der Waals surface area contributed by atoms with Crippen LogP contribution in [-0.2, 0) is 9.59 Å². The Morgan fingerprint density at radius 3 is 0.625 bits per heavy atom. The standard InChI is InChI=1S/3C11H22O.2C4H6O2/c3*12-10-11-8-6-4-2-1-3-5-7-9-11;2*1-3(2)4(5)6/h3*11-12H,1-10H2;2*1H2,2H3,(H,5,6). The van der Waals surface area contributed by atoms with Crippen molar-refractivity contribution in [3.05, 3.63) is 24.3 Å². The van der Waals surface area contributed by atoms with Crippen molar-refractivity contribution in [3.63, 3.8) is 0 Å². The van der Waals surface area contributed by atoms with Gasteiger partial charge in [0.2, 0.25) is 0 Å². The van der Waals surface area contributed by atoms with Gasteiger partial charge in [-0.05, 0) is 70.1 Å². The van der Waals surface area contributed by atoms with Gasteiger partial charge < -0.3 is 25.5 Å². The van der Waals surface area contributed by atoms with Gasteiger partial charge in [-0.2, -0.15) is 0 Å². The summed E-state index contributed by atoms with van der Waals surface area (Å²) in [6.07, 6.45) is 36.7. The van der Waals surface area contributed by atoms with Crippen molar-refractivity contribution in [3.8, 4) is 0 Å². The van der Waals surface area contributed by atoms with Gasteiger partial charge in [-0.3, -0.25) is 0 Å². The van der Waals surface area contributed by atoms with E-state index < -0.39 is 11.9 Å². The molecule has 0 aliphatic heterocycles. The Hall–Kier alpha value is -1.70. The molecule has 0 bridgehead atoms. The zero-order chi connectivity index (χ0) is 36.3. The Morgan fingerprint density at radius 2 is 0.521 bits per heavy atom. The second-order valence-electron chi connectivity index (χ2n) is 14.5. The van der Waals surface area contributed by atoms with E-state index in [0.29, 0.717) is 37.6 Å². The Balaban J connectivity index is 0. The maximum Gasteiger partial charge on any atom is 0.330 e. The van der Waals surface area contributed by atoms with E-state index in [-0.39, 0.29) is 11.1 Å². The van der Waals surface area contributed by atoms with Crippen LogP contribution in [0.3, 0.4) is 0 Å². The number of hydrogen-bond donors (Lipinski definition) is 5. The predicted octanol–water partition coefficient (Wildman–Crippen LogP) is 10.7. The molecule has 7 heteroatoms. The maximum atomic E-state index is 9.60. The fourth-order valence-corrected chi connectivity index (χ4v) is 6.23. The first-order valence-corrected chi connectivity index (χ1v) is 19.7. The summed E-state index contributed by atoms with van der Waals surface area (Å²) >= 11 is 0.